The van der Waals surface area contributed by atoms with E-state index in [1.54, 1.807) is 13.8 Å². The zero-order chi connectivity index (χ0) is 15.4. The lowest BCUT2D eigenvalue weighted by molar-refractivity contribution is -0.128. The molecule has 0 aliphatic heterocycles. The van der Waals surface area contributed by atoms with Crippen molar-refractivity contribution < 1.29 is 13.9 Å². The summed E-state index contributed by atoms with van der Waals surface area (Å²) in [6.07, 6.45) is 4.80. The van der Waals surface area contributed by atoms with Gasteiger partial charge in [0, 0.05) is 17.8 Å². The number of nitrogens with one attached hydrogen (secondary N) is 1. The average molecular weight is 294 g/mol. The van der Waals surface area contributed by atoms with Crippen molar-refractivity contribution in [3.05, 3.63) is 23.5 Å². The van der Waals surface area contributed by atoms with Gasteiger partial charge in [-0.25, -0.2) is 4.39 Å². The third-order valence-corrected chi connectivity index (χ3v) is 3.95. The number of nitrogens with two attached hydrogens (primary N) is 1. The molecule has 0 heterocycles. The first-order valence-corrected chi connectivity index (χ1v) is 7.50. The highest BCUT2D eigenvalue weighted by Crippen LogP contribution is 2.24. The second kappa shape index (κ2) is 6.78. The van der Waals surface area contributed by atoms with E-state index in [9.17, 15) is 9.18 Å². The first kappa shape index (κ1) is 15.6. The molecular weight excluding hydrogens is 271 g/mol. The molecule has 0 saturated heterocycles. The molecular formula is C16H23FN2O2. The van der Waals surface area contributed by atoms with E-state index >= 15 is 0 Å². The van der Waals surface area contributed by atoms with E-state index in [4.69, 9.17) is 10.5 Å². The van der Waals surface area contributed by atoms with E-state index in [-0.39, 0.29) is 17.7 Å². The topological polar surface area (TPSA) is 64.3 Å². The number of anilines is 1. The van der Waals surface area contributed by atoms with Crippen LogP contribution in [0.15, 0.2) is 12.1 Å². The number of nitrogen functional groups attached to an aromatic ring is 1. The average Bonchev–Trinajstić information content (AvgIpc) is 2.45. The highest BCUT2D eigenvalue weighted by molar-refractivity contribution is 5.81. The second-order valence-corrected chi connectivity index (χ2v) is 5.74. The molecule has 0 bridgehead atoms. The summed E-state index contributed by atoms with van der Waals surface area (Å²) in [5.41, 5.74) is 6.73. The fraction of sp³-hybridized carbons (Fsp3) is 0.562. The van der Waals surface area contributed by atoms with Gasteiger partial charge >= 0.3 is 0 Å². The Hall–Kier alpha value is -1.78. The zero-order valence-electron chi connectivity index (χ0n) is 12.6. The Morgan fingerprint density at radius 1 is 1.38 bits per heavy atom. The van der Waals surface area contributed by atoms with Crippen LogP contribution in [0.1, 0.15) is 44.6 Å². The summed E-state index contributed by atoms with van der Waals surface area (Å²) >= 11 is 0. The molecule has 1 unspecified atom stereocenters. The Labute approximate surface area is 124 Å². The number of benzene rings is 1. The van der Waals surface area contributed by atoms with Gasteiger partial charge in [0.25, 0.3) is 5.91 Å². The second-order valence-electron chi connectivity index (χ2n) is 5.74. The summed E-state index contributed by atoms with van der Waals surface area (Å²) in [4.78, 5) is 12.1. The normalized spacial score (nSPS) is 17.3. The van der Waals surface area contributed by atoms with Crippen LogP contribution in [0.5, 0.6) is 5.75 Å². The number of amides is 1. The Morgan fingerprint density at radius 3 is 2.71 bits per heavy atom. The first-order valence-electron chi connectivity index (χ1n) is 7.50. The molecule has 3 N–H and O–H groups in total. The minimum atomic E-state index is -0.732. The van der Waals surface area contributed by atoms with Crippen LogP contribution >= 0.6 is 0 Å². The molecule has 1 aliphatic carbocycles. The lowest BCUT2D eigenvalue weighted by Gasteiger charge is -2.24. The van der Waals surface area contributed by atoms with Crippen molar-refractivity contribution in [2.24, 2.45) is 0 Å². The minimum absolute atomic E-state index is 0.0630. The minimum Gasteiger partial charge on any atom is -0.478 e. The smallest absolute Gasteiger partial charge is 0.260 e. The van der Waals surface area contributed by atoms with E-state index in [0.717, 1.165) is 31.2 Å². The lowest BCUT2D eigenvalue weighted by Crippen LogP contribution is -2.43. The quantitative estimate of drug-likeness (QED) is 0.839. The van der Waals surface area contributed by atoms with Crippen molar-refractivity contribution in [2.75, 3.05) is 5.73 Å². The molecule has 1 atom stereocenters. The molecule has 1 fully saturated rings. The van der Waals surface area contributed by atoms with E-state index in [1.807, 2.05) is 0 Å². The van der Waals surface area contributed by atoms with Gasteiger partial charge in [-0.1, -0.05) is 19.3 Å². The monoisotopic (exact) mass is 294 g/mol. The highest BCUT2D eigenvalue weighted by atomic mass is 19.1. The maximum atomic E-state index is 13.8. The van der Waals surface area contributed by atoms with E-state index in [1.165, 1.54) is 18.6 Å². The molecule has 1 amide bonds. The van der Waals surface area contributed by atoms with Crippen LogP contribution in [0.4, 0.5) is 10.1 Å². The van der Waals surface area contributed by atoms with Crippen LogP contribution in [-0.2, 0) is 4.79 Å². The molecule has 0 radical (unpaired) electrons. The van der Waals surface area contributed by atoms with Crippen molar-refractivity contribution in [3.8, 4) is 5.75 Å². The Balaban J connectivity index is 1.95. The molecule has 1 saturated carbocycles. The van der Waals surface area contributed by atoms with Crippen molar-refractivity contribution in [2.45, 2.75) is 58.1 Å². The summed E-state index contributed by atoms with van der Waals surface area (Å²) in [6, 6.07) is 2.96. The molecule has 21 heavy (non-hydrogen) atoms. The van der Waals surface area contributed by atoms with E-state index < -0.39 is 11.9 Å². The first-order chi connectivity index (χ1) is 9.97. The van der Waals surface area contributed by atoms with Crippen molar-refractivity contribution in [1.82, 2.24) is 5.32 Å². The van der Waals surface area contributed by atoms with Crippen LogP contribution in [-0.4, -0.2) is 18.1 Å². The van der Waals surface area contributed by atoms with Crippen LogP contribution < -0.4 is 15.8 Å². The maximum absolute atomic E-state index is 13.8. The van der Waals surface area contributed by atoms with Gasteiger partial charge in [-0.15, -0.1) is 0 Å². The van der Waals surface area contributed by atoms with Crippen molar-refractivity contribution in [1.29, 1.82) is 0 Å². The van der Waals surface area contributed by atoms with Gasteiger partial charge in [0.1, 0.15) is 0 Å². The standard InChI is InChI=1S/C16H23FN2O2/c1-10-8-15(13(17)9-14(10)18)21-11(2)16(20)19-12-6-4-3-5-7-12/h8-9,11-12H,3-7,18H2,1-2H3,(H,19,20). The van der Waals surface area contributed by atoms with Crippen LogP contribution in [0.2, 0.25) is 0 Å². The zero-order valence-corrected chi connectivity index (χ0v) is 12.6. The van der Waals surface area contributed by atoms with Crippen LogP contribution in [0.3, 0.4) is 0 Å². The number of carbonyl (C=O) groups excluding carboxylic acids is 1. The van der Waals surface area contributed by atoms with Gasteiger partial charge < -0.3 is 15.8 Å². The summed E-state index contributed by atoms with van der Waals surface area (Å²) in [5, 5.41) is 2.97. The van der Waals surface area contributed by atoms with Gasteiger partial charge in [0.15, 0.2) is 17.7 Å². The highest BCUT2D eigenvalue weighted by Gasteiger charge is 2.21. The van der Waals surface area contributed by atoms with Crippen molar-refractivity contribution >= 4 is 11.6 Å². The molecule has 0 spiro atoms. The Bertz CT molecular complexity index is 513. The summed E-state index contributed by atoms with van der Waals surface area (Å²) in [6.45, 7) is 3.40. The number of carbonyl (C=O) groups is 1. The van der Waals surface area contributed by atoms with Gasteiger partial charge in [-0.2, -0.15) is 0 Å². The molecule has 4 nitrogen and oxygen atoms in total. The van der Waals surface area contributed by atoms with Gasteiger partial charge in [0.05, 0.1) is 0 Å². The third kappa shape index (κ3) is 4.09. The number of hydrogen-bond donors (Lipinski definition) is 2. The number of aryl methyl sites for hydroxylation is 1. The largest absolute Gasteiger partial charge is 0.478 e. The molecule has 2 rings (SSSR count). The number of rotatable bonds is 4. The number of ether oxygens (including phenoxy) is 1. The SMILES string of the molecule is Cc1cc(OC(C)C(=O)NC2CCCCC2)c(F)cc1N. The number of halogens is 1. The summed E-state index contributed by atoms with van der Waals surface area (Å²) in [7, 11) is 0. The van der Waals surface area contributed by atoms with Gasteiger partial charge in [0.2, 0.25) is 0 Å². The van der Waals surface area contributed by atoms with Crippen LogP contribution in [0.25, 0.3) is 0 Å². The maximum Gasteiger partial charge on any atom is 0.260 e. The Kier molecular flexibility index (Phi) is 5.04. The van der Waals surface area contributed by atoms with Gasteiger partial charge in [-0.3, -0.25) is 4.79 Å². The van der Waals surface area contributed by atoms with Gasteiger partial charge in [-0.05, 0) is 38.3 Å². The van der Waals surface area contributed by atoms with Crippen molar-refractivity contribution in [3.63, 3.8) is 0 Å². The molecule has 1 aromatic rings. The Morgan fingerprint density at radius 2 is 2.05 bits per heavy atom. The van der Waals surface area contributed by atoms with Crippen LogP contribution in [0, 0.1) is 12.7 Å². The molecule has 1 aliphatic rings. The molecule has 5 heteroatoms. The molecule has 0 aromatic heterocycles. The number of hydrogen-bond acceptors (Lipinski definition) is 3. The summed E-state index contributed by atoms with van der Waals surface area (Å²) in [5.74, 6) is -0.681. The predicted octanol–water partition coefficient (Wildman–Crippen LogP) is 2.93. The fourth-order valence-electron chi connectivity index (χ4n) is 2.57. The molecule has 116 valence electrons. The fourth-order valence-corrected chi connectivity index (χ4v) is 2.57. The lowest BCUT2D eigenvalue weighted by atomic mass is 9.95. The molecule has 1 aromatic carbocycles. The van der Waals surface area contributed by atoms with E-state index in [0.29, 0.717) is 5.69 Å². The summed E-state index contributed by atoms with van der Waals surface area (Å²) < 4.78 is 19.2. The van der Waals surface area contributed by atoms with E-state index in [2.05, 4.69) is 5.32 Å². The predicted molar refractivity (Wildman–Crippen MR) is 80.7 cm³/mol. The third-order valence-electron chi connectivity index (χ3n) is 3.95.